The number of hydrogen-bond acceptors (Lipinski definition) is 4. The topological polar surface area (TPSA) is 75.4 Å². The minimum Gasteiger partial charge on any atom is -0.476 e. The summed E-state index contributed by atoms with van der Waals surface area (Å²) in [6.45, 7) is 3.30. The molecular weight excluding hydrogens is 402 g/mol. The molecule has 1 aromatic heterocycles. The normalized spacial score (nSPS) is 42.2. The number of fused-ring (bicyclic) bond motifs is 2. The summed E-state index contributed by atoms with van der Waals surface area (Å²) in [7, 11) is 0. The highest BCUT2D eigenvalue weighted by atomic mass is 16.4. The van der Waals surface area contributed by atoms with Crippen LogP contribution in [0.3, 0.4) is 0 Å². The van der Waals surface area contributed by atoms with Crippen LogP contribution in [0.25, 0.3) is 11.0 Å². The van der Waals surface area contributed by atoms with Crippen molar-refractivity contribution in [1.82, 2.24) is 14.5 Å². The van der Waals surface area contributed by atoms with Crippen molar-refractivity contribution in [1.29, 1.82) is 0 Å². The van der Waals surface area contributed by atoms with Crippen LogP contribution in [0, 0.1) is 29.6 Å². The Labute approximate surface area is 187 Å². The Morgan fingerprint density at radius 1 is 1.09 bits per heavy atom. The van der Waals surface area contributed by atoms with Crippen molar-refractivity contribution in [2.75, 3.05) is 6.54 Å². The molecule has 1 aromatic carbocycles. The van der Waals surface area contributed by atoms with E-state index in [1.807, 2.05) is 24.3 Å². The fourth-order valence-corrected chi connectivity index (χ4v) is 9.12. The lowest BCUT2D eigenvalue weighted by atomic mass is 9.53. The van der Waals surface area contributed by atoms with Gasteiger partial charge in [0.1, 0.15) is 0 Å². The van der Waals surface area contributed by atoms with E-state index in [1.165, 1.54) is 32.1 Å². The van der Waals surface area contributed by atoms with Gasteiger partial charge < -0.3 is 5.11 Å². The molecule has 2 heterocycles. The predicted octanol–water partition coefficient (Wildman–Crippen LogP) is 3.73. The van der Waals surface area contributed by atoms with Crippen LogP contribution in [0.1, 0.15) is 62.4 Å². The molecular formula is C26H31N3O3. The first kappa shape index (κ1) is 19.3. The Bertz CT molecular complexity index is 1160. The van der Waals surface area contributed by atoms with Crippen LogP contribution >= 0.6 is 0 Å². The van der Waals surface area contributed by atoms with Crippen LogP contribution in [0.5, 0.6) is 0 Å². The summed E-state index contributed by atoms with van der Waals surface area (Å²) in [6, 6.07) is 8.75. The molecule has 168 valence electrons. The molecule has 6 nitrogen and oxygen atoms in total. The first-order chi connectivity index (χ1) is 15.4. The average Bonchev–Trinajstić information content (AvgIpc) is 3.10. The first-order valence-electron chi connectivity index (χ1n) is 12.5. The van der Waals surface area contributed by atoms with Gasteiger partial charge in [0.05, 0.1) is 16.6 Å². The van der Waals surface area contributed by atoms with Crippen LogP contribution in [-0.2, 0) is 5.54 Å². The van der Waals surface area contributed by atoms with E-state index in [-0.39, 0.29) is 11.2 Å². The van der Waals surface area contributed by atoms with Gasteiger partial charge in [-0.15, -0.1) is 0 Å². The number of benzene rings is 1. The van der Waals surface area contributed by atoms with E-state index in [1.54, 1.807) is 4.57 Å². The van der Waals surface area contributed by atoms with E-state index in [0.29, 0.717) is 17.5 Å². The maximum absolute atomic E-state index is 13.3. The molecule has 0 radical (unpaired) electrons. The molecule has 6 fully saturated rings. The first-order valence-corrected chi connectivity index (χ1v) is 12.5. The molecule has 1 aliphatic heterocycles. The Balaban J connectivity index is 1.25. The number of carboxylic acids is 1. The summed E-state index contributed by atoms with van der Waals surface area (Å²) < 4.78 is 1.79. The van der Waals surface area contributed by atoms with Gasteiger partial charge in [0.2, 0.25) is 5.69 Å². The molecule has 1 N–H and O–H groups in total. The van der Waals surface area contributed by atoms with Gasteiger partial charge in [0.25, 0.3) is 5.56 Å². The summed E-state index contributed by atoms with van der Waals surface area (Å²) in [5.41, 5.74) is 0.186. The molecule has 4 bridgehead atoms. The molecule has 32 heavy (non-hydrogen) atoms. The maximum atomic E-state index is 13.3. The van der Waals surface area contributed by atoms with Gasteiger partial charge in [-0.1, -0.05) is 12.1 Å². The minimum absolute atomic E-state index is 0.352. The smallest absolute Gasteiger partial charge is 0.360 e. The maximum Gasteiger partial charge on any atom is 0.360 e. The second-order valence-electron chi connectivity index (χ2n) is 11.6. The monoisotopic (exact) mass is 433 g/mol. The number of rotatable bonds is 3. The lowest BCUT2D eigenvalue weighted by Gasteiger charge is -2.60. The largest absolute Gasteiger partial charge is 0.476 e. The Morgan fingerprint density at radius 3 is 2.47 bits per heavy atom. The van der Waals surface area contributed by atoms with Crippen molar-refractivity contribution in [2.24, 2.45) is 29.6 Å². The quantitative estimate of drug-likeness (QED) is 0.798. The third kappa shape index (κ3) is 2.42. The lowest BCUT2D eigenvalue weighted by Crippen LogP contribution is -2.65. The van der Waals surface area contributed by atoms with Gasteiger partial charge in [0, 0.05) is 12.1 Å². The van der Waals surface area contributed by atoms with Crippen molar-refractivity contribution >= 4 is 17.0 Å². The second kappa shape index (κ2) is 6.43. The Kier molecular flexibility index (Phi) is 3.88. The standard InChI is InChI=1S/C26H31N3O3/c1-26(29-20-5-3-2-4-19(20)27-22(24(29)30)25(31)32)13-21-18(26)6-7-28(21)23-16-9-14-8-15(11-16)12-17(23)10-14/h2-5,14-18,21,23H,6-13H2,1H3,(H,31,32)/t14?,15?,16?,17?,18?,21-,23?,26+/m1/s1. The third-order valence-electron chi connectivity index (χ3n) is 10.0. The van der Waals surface area contributed by atoms with Crippen molar-refractivity contribution in [2.45, 2.75) is 69.5 Å². The molecule has 1 saturated heterocycles. The fraction of sp³-hybridized carbons (Fsp3) is 0.654. The zero-order valence-electron chi connectivity index (χ0n) is 18.6. The molecule has 6 aliphatic rings. The van der Waals surface area contributed by atoms with E-state index in [0.717, 1.165) is 54.6 Å². The highest BCUT2D eigenvalue weighted by molar-refractivity contribution is 5.88. The second-order valence-corrected chi connectivity index (χ2v) is 11.6. The number of carbonyl (C=O) groups is 1. The van der Waals surface area contributed by atoms with E-state index in [2.05, 4.69) is 16.8 Å². The number of nitrogens with zero attached hydrogens (tertiary/aromatic N) is 3. The van der Waals surface area contributed by atoms with Crippen LogP contribution < -0.4 is 5.56 Å². The van der Waals surface area contributed by atoms with Gasteiger partial charge >= 0.3 is 5.97 Å². The van der Waals surface area contributed by atoms with Crippen LogP contribution in [0.15, 0.2) is 29.1 Å². The summed E-state index contributed by atoms with van der Waals surface area (Å²) in [5.74, 6) is 2.87. The molecule has 5 aliphatic carbocycles. The number of aromatic nitrogens is 2. The molecule has 5 saturated carbocycles. The van der Waals surface area contributed by atoms with Crippen LogP contribution in [0.2, 0.25) is 0 Å². The molecule has 0 spiro atoms. The van der Waals surface area contributed by atoms with Crippen LogP contribution in [-0.4, -0.2) is 44.2 Å². The van der Waals surface area contributed by atoms with Gasteiger partial charge in [0.15, 0.2) is 0 Å². The average molecular weight is 434 g/mol. The van der Waals surface area contributed by atoms with Gasteiger partial charge in [-0.3, -0.25) is 14.3 Å². The molecule has 3 atom stereocenters. The van der Waals surface area contributed by atoms with Gasteiger partial charge in [-0.05, 0) is 100 Å². The Hall–Kier alpha value is -2.21. The molecule has 1 unspecified atom stereocenters. The highest BCUT2D eigenvalue weighted by Crippen LogP contribution is 2.60. The number of aromatic carboxylic acids is 1. The fourth-order valence-electron chi connectivity index (χ4n) is 9.12. The zero-order chi connectivity index (χ0) is 21.8. The summed E-state index contributed by atoms with van der Waals surface area (Å²) in [4.78, 5) is 32.2. The van der Waals surface area contributed by atoms with E-state index < -0.39 is 11.5 Å². The van der Waals surface area contributed by atoms with Crippen molar-refractivity contribution in [3.05, 3.63) is 40.3 Å². The van der Waals surface area contributed by atoms with Gasteiger partial charge in [-0.25, -0.2) is 9.78 Å². The predicted molar refractivity (Wildman–Crippen MR) is 121 cm³/mol. The number of para-hydroxylation sites is 2. The summed E-state index contributed by atoms with van der Waals surface area (Å²) in [6.07, 6.45) is 9.22. The highest BCUT2D eigenvalue weighted by Gasteiger charge is 2.61. The van der Waals surface area contributed by atoms with Crippen molar-refractivity contribution in [3.8, 4) is 0 Å². The molecule has 2 aromatic rings. The lowest BCUT2D eigenvalue weighted by molar-refractivity contribution is -0.100. The number of likely N-dealkylation sites (tertiary alicyclic amines) is 1. The number of hydrogen-bond donors (Lipinski definition) is 1. The number of carboxylic acid groups (broad SMARTS) is 1. The summed E-state index contributed by atoms with van der Waals surface area (Å²) in [5, 5.41) is 9.64. The minimum atomic E-state index is -1.24. The van der Waals surface area contributed by atoms with Gasteiger partial charge in [-0.2, -0.15) is 0 Å². The summed E-state index contributed by atoms with van der Waals surface area (Å²) >= 11 is 0. The van der Waals surface area contributed by atoms with E-state index in [9.17, 15) is 14.7 Å². The Morgan fingerprint density at radius 2 is 1.78 bits per heavy atom. The zero-order valence-corrected chi connectivity index (χ0v) is 18.6. The SMILES string of the molecule is C[C@]1(n2c(=O)c(C(=O)O)nc3ccccc32)C[C@@H]2C1CCN2C1C2CC3CC(C2)CC1C3. The molecule has 8 rings (SSSR count). The molecule has 6 heteroatoms. The van der Waals surface area contributed by atoms with E-state index in [4.69, 9.17) is 0 Å². The van der Waals surface area contributed by atoms with E-state index >= 15 is 0 Å². The van der Waals surface area contributed by atoms with Crippen LogP contribution in [0.4, 0.5) is 0 Å². The van der Waals surface area contributed by atoms with Crippen molar-refractivity contribution < 1.29 is 9.90 Å². The van der Waals surface area contributed by atoms with Crippen molar-refractivity contribution in [3.63, 3.8) is 0 Å². The molecule has 0 amide bonds. The third-order valence-corrected chi connectivity index (χ3v) is 10.0.